The van der Waals surface area contributed by atoms with Gasteiger partial charge in [-0.2, -0.15) is 5.10 Å². The monoisotopic (exact) mass is 417 g/mol. The largest absolute Gasteiger partial charge is 0.497 e. The van der Waals surface area contributed by atoms with Crippen LogP contribution in [0.1, 0.15) is 19.4 Å². The van der Waals surface area contributed by atoms with Crippen LogP contribution in [0.5, 0.6) is 5.75 Å². The van der Waals surface area contributed by atoms with Crippen molar-refractivity contribution >= 4 is 12.4 Å². The normalized spacial score (nSPS) is 15.7. The first kappa shape index (κ1) is 21.4. The lowest BCUT2D eigenvalue weighted by Gasteiger charge is -2.31. The van der Waals surface area contributed by atoms with E-state index in [0.29, 0.717) is 6.04 Å². The number of hydrogen-bond acceptors (Lipinski definition) is 5. The SMILES string of the molecule is CCC(CN1CCOCC1)n1cncc1-c1cn[nH]c1-c1ccc(OC)cc1.Cl. The molecule has 4 rings (SSSR count). The van der Waals surface area contributed by atoms with Crippen LogP contribution in [0.15, 0.2) is 43.0 Å². The second-order valence-corrected chi connectivity index (χ2v) is 7.05. The molecule has 1 aliphatic heterocycles. The summed E-state index contributed by atoms with van der Waals surface area (Å²) in [5, 5.41) is 7.47. The van der Waals surface area contributed by atoms with Gasteiger partial charge in [-0.25, -0.2) is 4.98 Å². The first-order valence-corrected chi connectivity index (χ1v) is 9.80. The minimum absolute atomic E-state index is 0. The van der Waals surface area contributed by atoms with Crippen molar-refractivity contribution in [2.45, 2.75) is 19.4 Å². The van der Waals surface area contributed by atoms with Crippen LogP contribution < -0.4 is 4.74 Å². The zero-order chi connectivity index (χ0) is 19.3. The van der Waals surface area contributed by atoms with Gasteiger partial charge in [0.25, 0.3) is 0 Å². The minimum Gasteiger partial charge on any atom is -0.497 e. The van der Waals surface area contributed by atoms with Gasteiger partial charge in [0.15, 0.2) is 0 Å². The van der Waals surface area contributed by atoms with Gasteiger partial charge in [-0.1, -0.05) is 6.92 Å². The molecule has 1 atom stereocenters. The topological polar surface area (TPSA) is 68.2 Å². The predicted molar refractivity (Wildman–Crippen MR) is 116 cm³/mol. The summed E-state index contributed by atoms with van der Waals surface area (Å²) < 4.78 is 13.0. The van der Waals surface area contributed by atoms with Gasteiger partial charge in [0.2, 0.25) is 0 Å². The van der Waals surface area contributed by atoms with Crippen LogP contribution in [-0.4, -0.2) is 64.6 Å². The van der Waals surface area contributed by atoms with E-state index in [1.165, 1.54) is 0 Å². The van der Waals surface area contributed by atoms with E-state index < -0.39 is 0 Å². The number of imidazole rings is 1. The first-order chi connectivity index (χ1) is 13.8. The number of benzene rings is 1. The molecule has 2 aromatic heterocycles. The van der Waals surface area contributed by atoms with E-state index >= 15 is 0 Å². The summed E-state index contributed by atoms with van der Waals surface area (Å²) in [5.74, 6) is 0.839. The van der Waals surface area contributed by atoms with E-state index in [2.05, 4.69) is 31.6 Å². The van der Waals surface area contributed by atoms with E-state index in [1.54, 1.807) is 7.11 Å². The van der Waals surface area contributed by atoms with Gasteiger partial charge in [-0.05, 0) is 30.7 Å². The van der Waals surface area contributed by atoms with Crippen molar-refractivity contribution in [3.05, 3.63) is 43.0 Å². The van der Waals surface area contributed by atoms with Gasteiger partial charge in [0, 0.05) is 36.8 Å². The number of rotatable bonds is 7. The summed E-state index contributed by atoms with van der Waals surface area (Å²) in [4.78, 5) is 6.93. The lowest BCUT2D eigenvalue weighted by molar-refractivity contribution is 0.0313. The maximum Gasteiger partial charge on any atom is 0.118 e. The standard InChI is InChI=1S/C21H27N5O2.ClH/c1-3-17(14-25-8-10-28-11-9-25)26-15-22-13-20(26)19-12-23-24-21(19)16-4-6-18(27-2)7-5-16;/h4-7,12-13,15,17H,3,8-11,14H2,1-2H3,(H,23,24);1H. The molecular weight excluding hydrogens is 390 g/mol. The van der Waals surface area contributed by atoms with E-state index in [0.717, 1.165) is 67.5 Å². The van der Waals surface area contributed by atoms with Gasteiger partial charge in [-0.15, -0.1) is 12.4 Å². The molecule has 7 nitrogen and oxygen atoms in total. The molecule has 1 N–H and O–H groups in total. The van der Waals surface area contributed by atoms with Crippen LogP contribution in [0.25, 0.3) is 22.5 Å². The molecule has 29 heavy (non-hydrogen) atoms. The number of ether oxygens (including phenoxy) is 2. The van der Waals surface area contributed by atoms with Crippen LogP contribution in [0.4, 0.5) is 0 Å². The number of nitrogens with one attached hydrogen (secondary N) is 1. The molecule has 1 fully saturated rings. The molecule has 1 aromatic carbocycles. The number of aromatic amines is 1. The number of aromatic nitrogens is 4. The van der Waals surface area contributed by atoms with Crippen molar-refractivity contribution in [1.29, 1.82) is 0 Å². The molecule has 0 radical (unpaired) electrons. The van der Waals surface area contributed by atoms with E-state index in [-0.39, 0.29) is 12.4 Å². The molecule has 1 aliphatic rings. The van der Waals surface area contributed by atoms with Crippen molar-refractivity contribution in [1.82, 2.24) is 24.6 Å². The highest BCUT2D eigenvalue weighted by atomic mass is 35.5. The number of halogens is 1. The second-order valence-electron chi connectivity index (χ2n) is 7.05. The zero-order valence-electron chi connectivity index (χ0n) is 16.9. The van der Waals surface area contributed by atoms with Crippen molar-refractivity contribution in [3.63, 3.8) is 0 Å². The molecule has 0 aliphatic carbocycles. The fourth-order valence-corrected chi connectivity index (χ4v) is 3.76. The van der Waals surface area contributed by atoms with Gasteiger partial charge >= 0.3 is 0 Å². The molecule has 156 valence electrons. The Kier molecular flexibility index (Phi) is 7.30. The van der Waals surface area contributed by atoms with Crippen LogP contribution in [0.2, 0.25) is 0 Å². The van der Waals surface area contributed by atoms with E-state index in [4.69, 9.17) is 9.47 Å². The highest BCUT2D eigenvalue weighted by molar-refractivity contribution is 5.85. The number of methoxy groups -OCH3 is 1. The Balaban J connectivity index is 0.00000240. The fraction of sp³-hybridized carbons (Fsp3) is 0.429. The number of morpholine rings is 1. The van der Waals surface area contributed by atoms with Gasteiger partial charge < -0.3 is 14.0 Å². The first-order valence-electron chi connectivity index (χ1n) is 9.80. The van der Waals surface area contributed by atoms with Crippen LogP contribution in [0, 0.1) is 0 Å². The third-order valence-electron chi connectivity index (χ3n) is 5.40. The maximum absolute atomic E-state index is 5.49. The minimum atomic E-state index is 0. The number of nitrogens with zero attached hydrogens (tertiary/aromatic N) is 4. The second kappa shape index (κ2) is 9.91. The Labute approximate surface area is 177 Å². The van der Waals surface area contributed by atoms with E-state index in [1.807, 2.05) is 43.0 Å². The Morgan fingerprint density at radius 2 is 1.93 bits per heavy atom. The number of hydrogen-bond donors (Lipinski definition) is 1. The Hall–Kier alpha value is -2.35. The molecule has 0 bridgehead atoms. The molecule has 1 unspecified atom stereocenters. The molecule has 0 amide bonds. The highest BCUT2D eigenvalue weighted by Gasteiger charge is 2.21. The summed E-state index contributed by atoms with van der Waals surface area (Å²) in [5.41, 5.74) is 4.20. The zero-order valence-corrected chi connectivity index (χ0v) is 17.7. The third kappa shape index (κ3) is 4.63. The molecule has 3 heterocycles. The molecule has 3 aromatic rings. The fourth-order valence-electron chi connectivity index (χ4n) is 3.76. The lowest BCUT2D eigenvalue weighted by Crippen LogP contribution is -2.39. The smallest absolute Gasteiger partial charge is 0.118 e. The van der Waals surface area contributed by atoms with Crippen molar-refractivity contribution < 1.29 is 9.47 Å². The molecule has 1 saturated heterocycles. The summed E-state index contributed by atoms with van der Waals surface area (Å²) in [6, 6.07) is 8.37. The maximum atomic E-state index is 5.49. The molecule has 8 heteroatoms. The van der Waals surface area contributed by atoms with Crippen molar-refractivity contribution in [2.24, 2.45) is 0 Å². The quantitative estimate of drug-likeness (QED) is 0.635. The average Bonchev–Trinajstić information content (AvgIpc) is 3.42. The lowest BCUT2D eigenvalue weighted by atomic mass is 10.1. The highest BCUT2D eigenvalue weighted by Crippen LogP contribution is 2.33. The van der Waals surface area contributed by atoms with Crippen molar-refractivity contribution in [3.8, 4) is 28.3 Å². The summed E-state index contributed by atoms with van der Waals surface area (Å²) >= 11 is 0. The van der Waals surface area contributed by atoms with Crippen LogP contribution >= 0.6 is 12.4 Å². The van der Waals surface area contributed by atoms with Gasteiger partial charge in [0.05, 0.1) is 50.4 Å². The molecule has 0 spiro atoms. The summed E-state index contributed by atoms with van der Waals surface area (Å²) in [7, 11) is 1.68. The Morgan fingerprint density at radius 3 is 2.62 bits per heavy atom. The van der Waals surface area contributed by atoms with Crippen molar-refractivity contribution in [2.75, 3.05) is 40.0 Å². The van der Waals surface area contributed by atoms with Crippen LogP contribution in [0.3, 0.4) is 0 Å². The molecular formula is C21H28ClN5O2. The number of H-pyrrole nitrogens is 1. The van der Waals surface area contributed by atoms with Gasteiger partial charge in [0.1, 0.15) is 5.75 Å². The average molecular weight is 418 g/mol. The Morgan fingerprint density at radius 1 is 1.17 bits per heavy atom. The third-order valence-corrected chi connectivity index (χ3v) is 5.40. The van der Waals surface area contributed by atoms with Crippen LogP contribution in [-0.2, 0) is 4.74 Å². The predicted octanol–water partition coefficient (Wildman–Crippen LogP) is 3.65. The van der Waals surface area contributed by atoms with E-state index in [9.17, 15) is 0 Å². The summed E-state index contributed by atoms with van der Waals surface area (Å²) in [6.07, 6.45) is 6.79. The summed E-state index contributed by atoms with van der Waals surface area (Å²) in [6.45, 7) is 6.84. The molecule has 0 saturated carbocycles. The van der Waals surface area contributed by atoms with Gasteiger partial charge in [-0.3, -0.25) is 10.00 Å². The Bertz CT molecular complexity index is 887.